The van der Waals surface area contributed by atoms with E-state index < -0.39 is 0 Å². The van der Waals surface area contributed by atoms with Crippen molar-refractivity contribution in [3.8, 4) is 11.5 Å². The highest BCUT2D eigenvalue weighted by Gasteiger charge is 2.25. The maximum Gasteiger partial charge on any atom is 0.227 e. The number of fused-ring (bicyclic) bond motifs is 1. The van der Waals surface area contributed by atoms with E-state index in [1.807, 2.05) is 6.07 Å². The Morgan fingerprint density at radius 1 is 1.22 bits per heavy atom. The van der Waals surface area contributed by atoms with Gasteiger partial charge in [0.05, 0.1) is 23.9 Å². The number of ether oxygens (including phenoxy) is 1. The van der Waals surface area contributed by atoms with Crippen LogP contribution in [0.25, 0.3) is 10.9 Å². The molecule has 1 amide bonds. The molecule has 2 aromatic carbocycles. The van der Waals surface area contributed by atoms with Gasteiger partial charge in [-0.1, -0.05) is 12.1 Å². The number of nitrogens with zero attached hydrogens (tertiary/aromatic N) is 2. The summed E-state index contributed by atoms with van der Waals surface area (Å²) in [5.41, 5.74) is 1.94. The molecule has 1 aliphatic heterocycles. The number of phenolic OH excluding ortho intramolecular Hbond substituents is 1. The normalized spacial score (nSPS) is 14.0. The summed E-state index contributed by atoms with van der Waals surface area (Å²) in [5.74, 6) is 0.255. The maximum atomic E-state index is 12.7. The van der Waals surface area contributed by atoms with Gasteiger partial charge in [0.1, 0.15) is 11.5 Å². The lowest BCUT2D eigenvalue weighted by molar-refractivity contribution is -0.117. The van der Waals surface area contributed by atoms with Crippen LogP contribution < -0.4 is 9.64 Å². The number of benzene rings is 2. The number of methoxy groups -OCH3 is 1. The predicted octanol–water partition coefficient (Wildman–Crippen LogP) is 3.31. The van der Waals surface area contributed by atoms with Crippen molar-refractivity contribution in [3.63, 3.8) is 0 Å². The number of pyridine rings is 1. The number of phenols is 1. The highest BCUT2D eigenvalue weighted by Crippen LogP contribution is 2.35. The minimum Gasteiger partial charge on any atom is -0.507 e. The van der Waals surface area contributed by atoms with Crippen molar-refractivity contribution in [3.05, 3.63) is 59.8 Å². The molecule has 1 fully saturated rings. The summed E-state index contributed by atoms with van der Waals surface area (Å²) in [6, 6.07) is 11.7. The first-order valence-electron chi connectivity index (χ1n) is 8.69. The highest BCUT2D eigenvalue weighted by molar-refractivity contribution is 6.12. The molecule has 0 spiro atoms. The summed E-state index contributed by atoms with van der Waals surface area (Å²) in [5, 5.41) is 10.7. The van der Waals surface area contributed by atoms with Crippen molar-refractivity contribution < 1.29 is 19.4 Å². The van der Waals surface area contributed by atoms with Crippen LogP contribution in [-0.2, 0) is 4.79 Å². The minimum atomic E-state index is -0.308. The van der Waals surface area contributed by atoms with Gasteiger partial charge in [0.25, 0.3) is 0 Å². The van der Waals surface area contributed by atoms with E-state index in [0.29, 0.717) is 35.5 Å². The van der Waals surface area contributed by atoms with Gasteiger partial charge in [-0.05, 0) is 30.7 Å². The standard InChI is InChI=1S/C21H18N2O4/c1-27-19-11-16-13(10-17(19)23-8-4-7-20(23)25)9-14(12-22-16)21(26)15-5-2-3-6-18(15)24/h2-3,5-6,9-12,24H,4,7-8H2,1H3. The molecular weight excluding hydrogens is 344 g/mol. The summed E-state index contributed by atoms with van der Waals surface area (Å²) >= 11 is 0. The largest absolute Gasteiger partial charge is 0.507 e. The Labute approximate surface area is 156 Å². The molecule has 6 heteroatoms. The van der Waals surface area contributed by atoms with Gasteiger partial charge < -0.3 is 14.7 Å². The smallest absolute Gasteiger partial charge is 0.227 e. The third-order valence-electron chi connectivity index (χ3n) is 4.76. The first-order chi connectivity index (χ1) is 13.1. The van der Waals surface area contributed by atoms with Gasteiger partial charge in [-0.2, -0.15) is 0 Å². The molecule has 1 N–H and O–H groups in total. The lowest BCUT2D eigenvalue weighted by Crippen LogP contribution is -2.24. The second-order valence-electron chi connectivity index (χ2n) is 6.44. The molecule has 27 heavy (non-hydrogen) atoms. The third kappa shape index (κ3) is 2.99. The first kappa shape index (κ1) is 17.0. The molecule has 3 aromatic rings. The Balaban J connectivity index is 1.81. The third-order valence-corrected chi connectivity index (χ3v) is 4.76. The Morgan fingerprint density at radius 2 is 2.04 bits per heavy atom. The molecule has 0 atom stereocenters. The second kappa shape index (κ2) is 6.72. The van der Waals surface area contributed by atoms with E-state index in [0.717, 1.165) is 11.8 Å². The van der Waals surface area contributed by atoms with E-state index in [9.17, 15) is 14.7 Å². The van der Waals surface area contributed by atoms with Crippen LogP contribution in [0.1, 0.15) is 28.8 Å². The fourth-order valence-electron chi connectivity index (χ4n) is 3.37. The lowest BCUT2D eigenvalue weighted by atomic mass is 10.0. The number of hydrogen-bond acceptors (Lipinski definition) is 5. The molecule has 136 valence electrons. The lowest BCUT2D eigenvalue weighted by Gasteiger charge is -2.19. The van der Waals surface area contributed by atoms with Gasteiger partial charge in [-0.3, -0.25) is 14.6 Å². The van der Waals surface area contributed by atoms with E-state index in [1.54, 1.807) is 42.3 Å². The molecule has 1 aliphatic rings. The van der Waals surface area contributed by atoms with Crippen LogP contribution in [0.15, 0.2) is 48.7 Å². The van der Waals surface area contributed by atoms with Gasteiger partial charge in [0.15, 0.2) is 5.78 Å². The van der Waals surface area contributed by atoms with E-state index in [1.165, 1.54) is 12.3 Å². The van der Waals surface area contributed by atoms with Gasteiger partial charge in [0.2, 0.25) is 5.91 Å². The number of carbonyl (C=O) groups excluding carboxylic acids is 2. The van der Waals surface area contributed by atoms with Crippen LogP contribution in [0.4, 0.5) is 5.69 Å². The first-order valence-corrected chi connectivity index (χ1v) is 8.69. The summed E-state index contributed by atoms with van der Waals surface area (Å²) < 4.78 is 5.44. The quantitative estimate of drug-likeness (QED) is 0.720. The molecule has 0 bridgehead atoms. The molecule has 0 unspecified atom stereocenters. The topological polar surface area (TPSA) is 79.7 Å². The fourth-order valence-corrected chi connectivity index (χ4v) is 3.37. The van der Waals surface area contributed by atoms with Crippen LogP contribution in [0.2, 0.25) is 0 Å². The van der Waals surface area contributed by atoms with E-state index in [-0.39, 0.29) is 23.0 Å². The number of ketones is 1. The molecular formula is C21H18N2O4. The number of aromatic nitrogens is 1. The second-order valence-corrected chi connectivity index (χ2v) is 6.44. The number of para-hydroxylation sites is 1. The zero-order valence-corrected chi connectivity index (χ0v) is 14.8. The van der Waals surface area contributed by atoms with Crippen molar-refractivity contribution >= 4 is 28.3 Å². The molecule has 1 saturated heterocycles. The summed E-state index contributed by atoms with van der Waals surface area (Å²) in [6.07, 6.45) is 2.81. The maximum absolute atomic E-state index is 12.7. The number of hydrogen-bond donors (Lipinski definition) is 1. The monoisotopic (exact) mass is 362 g/mol. The van der Waals surface area contributed by atoms with Gasteiger partial charge in [-0.15, -0.1) is 0 Å². The van der Waals surface area contributed by atoms with Gasteiger partial charge in [-0.25, -0.2) is 0 Å². The number of aromatic hydroxyl groups is 1. The summed E-state index contributed by atoms with van der Waals surface area (Å²) in [4.78, 5) is 31.0. The number of rotatable bonds is 4. The Bertz CT molecular complexity index is 1060. The van der Waals surface area contributed by atoms with Crippen molar-refractivity contribution in [1.29, 1.82) is 0 Å². The van der Waals surface area contributed by atoms with Crippen molar-refractivity contribution in [2.45, 2.75) is 12.8 Å². The Kier molecular flexibility index (Phi) is 4.24. The molecule has 0 saturated carbocycles. The predicted molar refractivity (Wildman–Crippen MR) is 101 cm³/mol. The van der Waals surface area contributed by atoms with E-state index in [2.05, 4.69) is 4.98 Å². The average Bonchev–Trinajstić information content (AvgIpc) is 3.12. The minimum absolute atomic E-state index is 0.0575. The zero-order chi connectivity index (χ0) is 19.0. The average molecular weight is 362 g/mol. The van der Waals surface area contributed by atoms with Crippen molar-refractivity contribution in [2.24, 2.45) is 0 Å². The Morgan fingerprint density at radius 3 is 2.74 bits per heavy atom. The summed E-state index contributed by atoms with van der Waals surface area (Å²) in [7, 11) is 1.56. The molecule has 6 nitrogen and oxygen atoms in total. The van der Waals surface area contributed by atoms with Crippen molar-refractivity contribution in [2.75, 3.05) is 18.6 Å². The van der Waals surface area contributed by atoms with Crippen LogP contribution in [0.5, 0.6) is 11.5 Å². The molecule has 0 radical (unpaired) electrons. The number of anilines is 1. The van der Waals surface area contributed by atoms with E-state index in [4.69, 9.17) is 4.74 Å². The number of carbonyl (C=O) groups is 2. The van der Waals surface area contributed by atoms with Crippen LogP contribution in [0, 0.1) is 0 Å². The SMILES string of the molecule is COc1cc2ncc(C(=O)c3ccccc3O)cc2cc1N1CCCC1=O. The van der Waals surface area contributed by atoms with Crippen LogP contribution in [0.3, 0.4) is 0 Å². The van der Waals surface area contributed by atoms with E-state index >= 15 is 0 Å². The van der Waals surface area contributed by atoms with Crippen LogP contribution >= 0.6 is 0 Å². The number of amides is 1. The van der Waals surface area contributed by atoms with Crippen molar-refractivity contribution in [1.82, 2.24) is 4.98 Å². The zero-order valence-electron chi connectivity index (χ0n) is 14.8. The molecule has 2 heterocycles. The van der Waals surface area contributed by atoms with Gasteiger partial charge in [0, 0.05) is 36.2 Å². The molecule has 4 rings (SSSR count). The Hall–Kier alpha value is -3.41. The fraction of sp³-hybridized carbons (Fsp3) is 0.190. The molecule has 0 aliphatic carbocycles. The highest BCUT2D eigenvalue weighted by atomic mass is 16.5. The molecule has 1 aromatic heterocycles. The summed E-state index contributed by atoms with van der Waals surface area (Å²) in [6.45, 7) is 0.643. The van der Waals surface area contributed by atoms with Gasteiger partial charge >= 0.3 is 0 Å². The van der Waals surface area contributed by atoms with Crippen LogP contribution in [-0.4, -0.2) is 35.4 Å².